The number of nitrogens with two attached hydrogens (primary N) is 1. The summed E-state index contributed by atoms with van der Waals surface area (Å²) in [7, 11) is 1.55. The fourth-order valence-corrected chi connectivity index (χ4v) is 5.43. The molecule has 0 amide bonds. The normalized spacial score (nSPS) is 19.4. The number of nitrogens with zero attached hydrogens (tertiary/aromatic N) is 3. The lowest BCUT2D eigenvalue weighted by Gasteiger charge is -2.39. The van der Waals surface area contributed by atoms with E-state index >= 15 is 0 Å². The highest BCUT2D eigenvalue weighted by molar-refractivity contribution is 5.74. The van der Waals surface area contributed by atoms with Crippen molar-refractivity contribution in [2.45, 2.75) is 37.6 Å². The molecule has 3 aromatic rings. The van der Waals surface area contributed by atoms with Crippen molar-refractivity contribution in [2.24, 2.45) is 5.41 Å². The molecule has 0 aliphatic carbocycles. The van der Waals surface area contributed by atoms with Gasteiger partial charge < -0.3 is 30.5 Å². The molecule has 2 atom stereocenters. The summed E-state index contributed by atoms with van der Waals surface area (Å²) in [5, 5.41) is 12.4. The van der Waals surface area contributed by atoms with Gasteiger partial charge in [0.05, 0.1) is 7.11 Å². The third-order valence-corrected chi connectivity index (χ3v) is 7.67. The minimum Gasteiger partial charge on any atom is -0.497 e. The number of halogens is 3. The molecule has 0 saturated carbocycles. The van der Waals surface area contributed by atoms with Gasteiger partial charge >= 0.3 is 12.1 Å². The Hall–Kier alpha value is -4.06. The van der Waals surface area contributed by atoms with Gasteiger partial charge in [-0.3, -0.25) is 4.79 Å². The number of piperidine rings is 1. The number of aliphatic carboxylic acids is 1. The largest absolute Gasteiger partial charge is 0.497 e. The second-order valence-corrected chi connectivity index (χ2v) is 10.3. The van der Waals surface area contributed by atoms with Crippen molar-refractivity contribution in [1.82, 2.24) is 15.3 Å². The molecule has 2 unspecified atom stereocenters. The zero-order chi connectivity index (χ0) is 28.5. The summed E-state index contributed by atoms with van der Waals surface area (Å²) in [6.07, 6.45) is -5.01. The monoisotopic (exact) mass is 557 g/mol. The molecule has 1 aromatic heterocycles. The Morgan fingerprint density at radius 3 is 2.48 bits per heavy atom. The van der Waals surface area contributed by atoms with Crippen LogP contribution in [0.3, 0.4) is 0 Å². The first-order chi connectivity index (χ1) is 19.0. The van der Waals surface area contributed by atoms with E-state index in [1.54, 1.807) is 37.4 Å². The first-order valence-electron chi connectivity index (χ1n) is 12.9. The van der Waals surface area contributed by atoms with E-state index in [2.05, 4.69) is 15.3 Å². The second-order valence-electron chi connectivity index (χ2n) is 10.3. The van der Waals surface area contributed by atoms with Crippen LogP contribution in [0.2, 0.25) is 0 Å². The fraction of sp³-hybridized carbons (Fsp3) is 0.393. The van der Waals surface area contributed by atoms with Gasteiger partial charge in [0.15, 0.2) is 0 Å². The molecule has 1 spiro atoms. The van der Waals surface area contributed by atoms with E-state index in [0.29, 0.717) is 50.5 Å². The van der Waals surface area contributed by atoms with Gasteiger partial charge in [-0.2, -0.15) is 23.1 Å². The average Bonchev–Trinajstić information content (AvgIpc) is 3.35. The predicted octanol–water partition coefficient (Wildman–Crippen LogP) is 4.45. The molecule has 2 saturated heterocycles. The highest BCUT2D eigenvalue weighted by Crippen LogP contribution is 2.41. The summed E-state index contributed by atoms with van der Waals surface area (Å²) in [5.74, 6) is -0.333. The van der Waals surface area contributed by atoms with Crippen LogP contribution in [0.15, 0.2) is 54.6 Å². The number of rotatable bonds is 7. The van der Waals surface area contributed by atoms with Crippen molar-refractivity contribution in [3.8, 4) is 22.8 Å². The quantitative estimate of drug-likeness (QED) is 0.387. The standard InChI is InChI=1S/C28H30F3N5O4/c1-39-20-4-2-3-19(13-20)17-5-7-18(8-6-17)24(28(29,30)31)40-23-14-22(34-26(32)35-23)36-11-9-27(10-12-36)15-21(25(37)38)33-16-27/h2-8,13-14,21,24,33H,9-12,15-16H2,1H3,(H,37,38)(H2,32,34,35). The lowest BCUT2D eigenvalue weighted by atomic mass is 9.76. The Labute approximate surface area is 229 Å². The van der Waals surface area contributed by atoms with Gasteiger partial charge in [0, 0.05) is 31.3 Å². The number of carboxylic acids is 1. The van der Waals surface area contributed by atoms with E-state index in [1.807, 2.05) is 11.0 Å². The lowest BCUT2D eigenvalue weighted by molar-refractivity contribution is -0.198. The van der Waals surface area contributed by atoms with E-state index in [1.165, 1.54) is 18.2 Å². The van der Waals surface area contributed by atoms with Crippen LogP contribution in [-0.4, -0.2) is 60.0 Å². The SMILES string of the molecule is COc1cccc(-c2ccc(C(Oc3cc(N4CCC5(CC4)CNC(C(=O)O)C5)nc(N)n3)C(F)(F)F)cc2)c1. The summed E-state index contributed by atoms with van der Waals surface area (Å²) >= 11 is 0. The Kier molecular flexibility index (Phi) is 7.45. The number of aromatic nitrogens is 2. The molecule has 3 heterocycles. The Bertz CT molecular complexity index is 1360. The van der Waals surface area contributed by atoms with Crippen LogP contribution in [0.1, 0.15) is 30.9 Å². The zero-order valence-electron chi connectivity index (χ0n) is 21.8. The lowest BCUT2D eigenvalue weighted by Crippen LogP contribution is -2.41. The number of nitrogen functional groups attached to an aromatic ring is 1. The van der Waals surface area contributed by atoms with Crippen LogP contribution in [0.25, 0.3) is 11.1 Å². The molecule has 9 nitrogen and oxygen atoms in total. The summed E-state index contributed by atoms with van der Waals surface area (Å²) < 4.78 is 53.1. The molecule has 2 aromatic carbocycles. The van der Waals surface area contributed by atoms with Crippen molar-refractivity contribution in [2.75, 3.05) is 37.4 Å². The van der Waals surface area contributed by atoms with Crippen LogP contribution < -0.4 is 25.4 Å². The van der Waals surface area contributed by atoms with Crippen molar-refractivity contribution in [3.05, 3.63) is 60.2 Å². The third-order valence-electron chi connectivity index (χ3n) is 7.67. The Balaban J connectivity index is 1.32. The fourth-order valence-electron chi connectivity index (χ4n) is 5.43. The van der Waals surface area contributed by atoms with Crippen LogP contribution >= 0.6 is 0 Å². The molecule has 12 heteroatoms. The topological polar surface area (TPSA) is 123 Å². The maximum absolute atomic E-state index is 14.2. The molecular formula is C28H30F3N5O4. The summed E-state index contributed by atoms with van der Waals surface area (Å²) in [4.78, 5) is 21.4. The second kappa shape index (κ2) is 10.8. The highest BCUT2D eigenvalue weighted by Gasteiger charge is 2.45. The number of ether oxygens (including phenoxy) is 2. The molecule has 5 rings (SSSR count). The van der Waals surface area contributed by atoms with Gasteiger partial charge in [-0.25, -0.2) is 0 Å². The molecular weight excluding hydrogens is 527 g/mol. The van der Waals surface area contributed by atoms with Crippen molar-refractivity contribution < 1.29 is 32.5 Å². The number of nitrogens with one attached hydrogen (secondary N) is 1. The maximum Gasteiger partial charge on any atom is 0.429 e. The molecule has 0 radical (unpaired) electrons. The molecule has 2 fully saturated rings. The molecule has 4 N–H and O–H groups in total. The van der Waals surface area contributed by atoms with Gasteiger partial charge in [0.25, 0.3) is 0 Å². The highest BCUT2D eigenvalue weighted by atomic mass is 19.4. The van der Waals surface area contributed by atoms with Gasteiger partial charge in [0.1, 0.15) is 17.6 Å². The predicted molar refractivity (Wildman–Crippen MR) is 142 cm³/mol. The summed E-state index contributed by atoms with van der Waals surface area (Å²) in [6.45, 7) is 1.72. The van der Waals surface area contributed by atoms with Crippen LogP contribution in [0.4, 0.5) is 24.9 Å². The van der Waals surface area contributed by atoms with E-state index in [0.717, 1.165) is 11.1 Å². The van der Waals surface area contributed by atoms with E-state index in [4.69, 9.17) is 15.2 Å². The zero-order valence-corrected chi connectivity index (χ0v) is 21.8. The van der Waals surface area contributed by atoms with Gasteiger partial charge in [-0.15, -0.1) is 0 Å². The average molecular weight is 558 g/mol. The minimum atomic E-state index is -4.72. The smallest absolute Gasteiger partial charge is 0.429 e. The van der Waals surface area contributed by atoms with Crippen LogP contribution in [0, 0.1) is 5.41 Å². The number of anilines is 2. The molecule has 2 aliphatic heterocycles. The number of alkyl halides is 3. The van der Waals surface area contributed by atoms with E-state index < -0.39 is 24.3 Å². The van der Waals surface area contributed by atoms with Crippen molar-refractivity contribution in [3.63, 3.8) is 0 Å². The molecule has 40 heavy (non-hydrogen) atoms. The van der Waals surface area contributed by atoms with Crippen molar-refractivity contribution >= 4 is 17.7 Å². The van der Waals surface area contributed by atoms with Gasteiger partial charge in [-0.1, -0.05) is 36.4 Å². The van der Waals surface area contributed by atoms with E-state index in [-0.39, 0.29) is 22.8 Å². The van der Waals surface area contributed by atoms with Gasteiger partial charge in [0.2, 0.25) is 17.9 Å². The first kappa shape index (κ1) is 27.5. The maximum atomic E-state index is 14.2. The van der Waals surface area contributed by atoms with E-state index in [9.17, 15) is 23.1 Å². The first-order valence-corrected chi connectivity index (χ1v) is 12.9. The summed E-state index contributed by atoms with van der Waals surface area (Å²) in [6, 6.07) is 14.0. The summed E-state index contributed by atoms with van der Waals surface area (Å²) in [5.41, 5.74) is 7.19. The molecule has 212 valence electrons. The number of carbonyl (C=O) groups is 1. The number of hydrogen-bond acceptors (Lipinski definition) is 8. The number of methoxy groups -OCH3 is 1. The Morgan fingerprint density at radius 2 is 1.85 bits per heavy atom. The third kappa shape index (κ3) is 5.91. The number of carboxylic acid groups (broad SMARTS) is 1. The minimum absolute atomic E-state index is 0.0838. The molecule has 2 aliphatic rings. The Morgan fingerprint density at radius 1 is 1.12 bits per heavy atom. The van der Waals surface area contributed by atoms with Gasteiger partial charge in [-0.05, 0) is 47.9 Å². The van der Waals surface area contributed by atoms with Crippen molar-refractivity contribution in [1.29, 1.82) is 0 Å². The molecule has 0 bridgehead atoms. The number of benzene rings is 2. The van der Waals surface area contributed by atoms with Crippen LogP contribution in [-0.2, 0) is 4.79 Å². The van der Waals surface area contributed by atoms with Crippen LogP contribution in [0.5, 0.6) is 11.6 Å². The number of hydrogen-bond donors (Lipinski definition) is 3.